The van der Waals surface area contributed by atoms with Crippen molar-refractivity contribution < 1.29 is 27.5 Å². The molecule has 0 aliphatic carbocycles. The standard InChI is InChI=1S/C30H36ClN3O6S/c1-20(2)32-30(36)22(4)33(18-23-9-11-24(31)12-10-23)29(35)19-34(27-17-25(39-5)13-16-28(27)40-6)41(37,38)26-14-7-21(3)8-15-26/h7-17,20,22H,18-19H2,1-6H3,(H,32,36)/t22-/m1/s1. The van der Waals surface area contributed by atoms with Crippen LogP contribution in [0.25, 0.3) is 0 Å². The van der Waals surface area contributed by atoms with Crippen LogP contribution in [0.15, 0.2) is 71.6 Å². The van der Waals surface area contributed by atoms with E-state index in [1.54, 1.807) is 55.5 Å². The summed E-state index contributed by atoms with van der Waals surface area (Å²) in [6, 6.07) is 16.8. The van der Waals surface area contributed by atoms with Crippen LogP contribution in [0.2, 0.25) is 5.02 Å². The van der Waals surface area contributed by atoms with Crippen molar-refractivity contribution in [2.75, 3.05) is 25.1 Å². The van der Waals surface area contributed by atoms with E-state index in [2.05, 4.69) is 5.32 Å². The fraction of sp³-hybridized carbons (Fsp3) is 0.333. The van der Waals surface area contributed by atoms with Crippen LogP contribution in [0, 0.1) is 6.92 Å². The zero-order valence-corrected chi connectivity index (χ0v) is 25.6. The molecule has 0 aliphatic rings. The Balaban J connectivity index is 2.12. The van der Waals surface area contributed by atoms with Crippen LogP contribution < -0.4 is 19.1 Å². The number of halogens is 1. The fourth-order valence-corrected chi connectivity index (χ4v) is 5.66. The zero-order valence-electron chi connectivity index (χ0n) is 24.0. The van der Waals surface area contributed by atoms with Gasteiger partial charge < -0.3 is 19.7 Å². The molecule has 0 aliphatic heterocycles. The van der Waals surface area contributed by atoms with Gasteiger partial charge in [-0.05, 0) is 69.7 Å². The van der Waals surface area contributed by atoms with E-state index in [4.69, 9.17) is 21.1 Å². The summed E-state index contributed by atoms with van der Waals surface area (Å²) in [6.07, 6.45) is 0. The molecule has 9 nitrogen and oxygen atoms in total. The van der Waals surface area contributed by atoms with Gasteiger partial charge in [-0.25, -0.2) is 8.42 Å². The molecule has 0 aromatic heterocycles. The van der Waals surface area contributed by atoms with Gasteiger partial charge >= 0.3 is 0 Å². The summed E-state index contributed by atoms with van der Waals surface area (Å²) in [7, 11) is -1.40. The van der Waals surface area contributed by atoms with Gasteiger partial charge in [-0.3, -0.25) is 13.9 Å². The quantitative estimate of drug-likeness (QED) is 0.320. The van der Waals surface area contributed by atoms with E-state index in [0.29, 0.717) is 10.8 Å². The molecule has 0 bridgehead atoms. The van der Waals surface area contributed by atoms with E-state index in [-0.39, 0.29) is 34.8 Å². The van der Waals surface area contributed by atoms with E-state index >= 15 is 0 Å². The zero-order chi connectivity index (χ0) is 30.3. The number of carbonyl (C=O) groups is 2. The van der Waals surface area contributed by atoms with Gasteiger partial charge in [0.25, 0.3) is 10.0 Å². The van der Waals surface area contributed by atoms with Crippen LogP contribution in [0.1, 0.15) is 31.9 Å². The van der Waals surface area contributed by atoms with Crippen molar-refractivity contribution in [2.24, 2.45) is 0 Å². The number of ether oxygens (including phenoxy) is 2. The minimum Gasteiger partial charge on any atom is -0.497 e. The van der Waals surface area contributed by atoms with Crippen LogP contribution in [-0.2, 0) is 26.2 Å². The van der Waals surface area contributed by atoms with Crippen LogP contribution in [0.4, 0.5) is 5.69 Å². The third-order valence-corrected chi connectivity index (χ3v) is 8.43. The minimum atomic E-state index is -4.27. The molecule has 0 radical (unpaired) electrons. The normalized spacial score (nSPS) is 12.0. The molecule has 41 heavy (non-hydrogen) atoms. The number of amides is 2. The van der Waals surface area contributed by atoms with Crippen molar-refractivity contribution in [1.82, 2.24) is 10.2 Å². The van der Waals surface area contributed by atoms with E-state index in [1.807, 2.05) is 20.8 Å². The summed E-state index contributed by atoms with van der Waals surface area (Å²) in [5.41, 5.74) is 1.72. The Hall–Kier alpha value is -3.76. The van der Waals surface area contributed by atoms with Gasteiger partial charge in [-0.2, -0.15) is 0 Å². The van der Waals surface area contributed by atoms with E-state index < -0.39 is 28.5 Å². The van der Waals surface area contributed by atoms with E-state index in [9.17, 15) is 18.0 Å². The topological polar surface area (TPSA) is 105 Å². The Bertz CT molecular complexity index is 1460. The smallest absolute Gasteiger partial charge is 0.264 e. The number of aryl methyl sites for hydroxylation is 1. The lowest BCUT2D eigenvalue weighted by atomic mass is 10.1. The van der Waals surface area contributed by atoms with Gasteiger partial charge in [0.15, 0.2) is 0 Å². The monoisotopic (exact) mass is 601 g/mol. The van der Waals surface area contributed by atoms with Gasteiger partial charge in [-0.1, -0.05) is 41.4 Å². The molecule has 3 aromatic rings. The maximum atomic E-state index is 14.1. The first-order valence-corrected chi connectivity index (χ1v) is 14.8. The molecule has 3 aromatic carbocycles. The predicted octanol–water partition coefficient (Wildman–Crippen LogP) is 4.80. The lowest BCUT2D eigenvalue weighted by Gasteiger charge is -2.32. The second-order valence-corrected chi connectivity index (χ2v) is 12.1. The number of sulfonamides is 1. The van der Waals surface area contributed by atoms with Gasteiger partial charge in [0.1, 0.15) is 24.1 Å². The van der Waals surface area contributed by atoms with Crippen molar-refractivity contribution in [3.8, 4) is 11.5 Å². The molecule has 2 amide bonds. The predicted molar refractivity (Wildman–Crippen MR) is 160 cm³/mol. The van der Waals surface area contributed by atoms with Gasteiger partial charge in [0.05, 0.1) is 24.8 Å². The Morgan fingerprint density at radius 2 is 1.56 bits per heavy atom. The number of carbonyl (C=O) groups excluding carboxylic acids is 2. The Labute approximate surface area is 247 Å². The van der Waals surface area contributed by atoms with Crippen LogP contribution in [0.5, 0.6) is 11.5 Å². The number of benzene rings is 3. The van der Waals surface area contributed by atoms with Crippen LogP contribution >= 0.6 is 11.6 Å². The molecule has 3 rings (SSSR count). The number of nitrogens with one attached hydrogen (secondary N) is 1. The summed E-state index contributed by atoms with van der Waals surface area (Å²) in [5, 5.41) is 3.36. The first-order valence-electron chi connectivity index (χ1n) is 13.0. The summed E-state index contributed by atoms with van der Waals surface area (Å²) in [5.74, 6) is -0.356. The number of rotatable bonds is 12. The number of anilines is 1. The highest BCUT2D eigenvalue weighted by molar-refractivity contribution is 7.92. The first kappa shape index (κ1) is 31.8. The molecule has 1 atom stereocenters. The molecule has 0 saturated heterocycles. The molecule has 11 heteroatoms. The highest BCUT2D eigenvalue weighted by Crippen LogP contribution is 2.36. The second kappa shape index (κ2) is 13.7. The molecule has 1 N–H and O–H groups in total. The van der Waals surface area contributed by atoms with Crippen molar-refractivity contribution >= 4 is 39.1 Å². The lowest BCUT2D eigenvalue weighted by molar-refractivity contribution is -0.139. The average molecular weight is 602 g/mol. The number of hydrogen-bond donors (Lipinski definition) is 1. The average Bonchev–Trinajstić information content (AvgIpc) is 2.94. The largest absolute Gasteiger partial charge is 0.497 e. The minimum absolute atomic E-state index is 0.00405. The Morgan fingerprint density at radius 3 is 2.12 bits per heavy atom. The van der Waals surface area contributed by atoms with Gasteiger partial charge in [-0.15, -0.1) is 0 Å². The molecule has 0 spiro atoms. The molecule has 0 unspecified atom stereocenters. The Morgan fingerprint density at radius 1 is 0.927 bits per heavy atom. The number of hydrogen-bond acceptors (Lipinski definition) is 6. The maximum Gasteiger partial charge on any atom is 0.264 e. The number of nitrogens with zero attached hydrogens (tertiary/aromatic N) is 2. The lowest BCUT2D eigenvalue weighted by Crippen LogP contribution is -2.52. The van der Waals surface area contributed by atoms with Crippen LogP contribution in [-0.4, -0.2) is 58.0 Å². The number of methoxy groups -OCH3 is 2. The molecule has 0 saturated carbocycles. The van der Waals surface area contributed by atoms with Crippen molar-refractivity contribution in [2.45, 2.75) is 51.2 Å². The van der Waals surface area contributed by atoms with E-state index in [0.717, 1.165) is 15.4 Å². The molecular weight excluding hydrogens is 566 g/mol. The van der Waals surface area contributed by atoms with Crippen molar-refractivity contribution in [1.29, 1.82) is 0 Å². The summed E-state index contributed by atoms with van der Waals surface area (Å²) >= 11 is 6.05. The van der Waals surface area contributed by atoms with E-state index in [1.165, 1.54) is 37.3 Å². The molecule has 0 heterocycles. The fourth-order valence-electron chi connectivity index (χ4n) is 4.12. The van der Waals surface area contributed by atoms with Gasteiger partial charge in [0, 0.05) is 23.7 Å². The Kier molecular flexibility index (Phi) is 10.6. The van der Waals surface area contributed by atoms with Gasteiger partial charge in [0.2, 0.25) is 11.8 Å². The molecular formula is C30H36ClN3O6S. The summed E-state index contributed by atoms with van der Waals surface area (Å²) in [6.45, 7) is 6.54. The maximum absolute atomic E-state index is 14.1. The third kappa shape index (κ3) is 7.92. The molecule has 0 fully saturated rings. The van der Waals surface area contributed by atoms with Crippen molar-refractivity contribution in [3.05, 3.63) is 82.9 Å². The first-order chi connectivity index (χ1) is 19.4. The third-order valence-electron chi connectivity index (χ3n) is 6.41. The highest BCUT2D eigenvalue weighted by Gasteiger charge is 2.34. The highest BCUT2D eigenvalue weighted by atomic mass is 35.5. The summed E-state index contributed by atoms with van der Waals surface area (Å²) in [4.78, 5) is 28.4. The van der Waals surface area contributed by atoms with Crippen molar-refractivity contribution in [3.63, 3.8) is 0 Å². The SMILES string of the molecule is COc1ccc(OC)c(N(CC(=O)N(Cc2ccc(Cl)cc2)[C@H](C)C(=O)NC(C)C)S(=O)(=O)c2ccc(C)cc2)c1. The second-order valence-electron chi connectivity index (χ2n) is 9.85. The van der Waals surface area contributed by atoms with Crippen LogP contribution in [0.3, 0.4) is 0 Å². The molecule has 220 valence electrons. The summed E-state index contributed by atoms with van der Waals surface area (Å²) < 4.78 is 40.0.